The molecule has 1 aliphatic heterocycles. The number of hydrogen-bond acceptors (Lipinski definition) is 5. The van der Waals surface area contributed by atoms with Crippen molar-refractivity contribution in [3.63, 3.8) is 0 Å². The average Bonchev–Trinajstić information content (AvgIpc) is 3.00. The van der Waals surface area contributed by atoms with Crippen LogP contribution in [0.25, 0.3) is 0 Å². The fraction of sp³-hybridized carbons (Fsp3) is 0.600. The molecule has 2 heterocycles. The number of esters is 1. The van der Waals surface area contributed by atoms with Gasteiger partial charge < -0.3 is 15.0 Å². The van der Waals surface area contributed by atoms with Crippen LogP contribution >= 0.6 is 0 Å². The molecule has 1 saturated heterocycles. The lowest BCUT2D eigenvalue weighted by Gasteiger charge is -2.34. The van der Waals surface area contributed by atoms with Gasteiger partial charge in [-0.15, -0.1) is 0 Å². The summed E-state index contributed by atoms with van der Waals surface area (Å²) in [6.07, 6.45) is 3.66. The highest BCUT2D eigenvalue weighted by atomic mass is 16.5. The lowest BCUT2D eigenvalue weighted by Crippen LogP contribution is -2.58. The molecule has 23 heavy (non-hydrogen) atoms. The first-order valence-electron chi connectivity index (χ1n) is 7.83. The molecule has 2 amide bonds. The normalized spacial score (nSPS) is 20.7. The zero-order valence-corrected chi connectivity index (χ0v) is 13.1. The van der Waals surface area contributed by atoms with E-state index in [2.05, 4.69) is 20.3 Å². The Morgan fingerprint density at radius 3 is 2.91 bits per heavy atom. The van der Waals surface area contributed by atoms with Gasteiger partial charge in [0.25, 0.3) is 5.91 Å². The maximum atomic E-state index is 12.9. The number of nitrogens with zero attached hydrogens (tertiary/aromatic N) is 2. The number of aryl methyl sites for hydroxylation is 1. The number of carbonyl (C=O) groups excluding carboxylic acids is 3. The summed E-state index contributed by atoms with van der Waals surface area (Å²) in [6, 6.07) is -0.848. The molecular formula is C15H20N4O4. The highest BCUT2D eigenvalue weighted by Gasteiger charge is 2.37. The summed E-state index contributed by atoms with van der Waals surface area (Å²) in [6.45, 7) is 0.725. The Kier molecular flexibility index (Phi) is 4.31. The Labute approximate surface area is 133 Å². The highest BCUT2D eigenvalue weighted by Crippen LogP contribution is 2.24. The molecule has 8 heteroatoms. The van der Waals surface area contributed by atoms with Gasteiger partial charge >= 0.3 is 5.97 Å². The summed E-state index contributed by atoms with van der Waals surface area (Å²) in [5.41, 5.74) is 2.33. The van der Waals surface area contributed by atoms with Crippen LogP contribution in [0.3, 0.4) is 0 Å². The molecule has 1 aromatic heterocycles. The third-order valence-electron chi connectivity index (χ3n) is 4.44. The van der Waals surface area contributed by atoms with Crippen molar-refractivity contribution in [2.24, 2.45) is 0 Å². The van der Waals surface area contributed by atoms with Crippen molar-refractivity contribution >= 4 is 17.8 Å². The summed E-state index contributed by atoms with van der Waals surface area (Å²) in [5, 5.41) is 9.79. The molecule has 3 rings (SSSR count). The van der Waals surface area contributed by atoms with Crippen LogP contribution < -0.4 is 5.32 Å². The summed E-state index contributed by atoms with van der Waals surface area (Å²) in [4.78, 5) is 37.9. The number of aromatic amines is 1. The number of amides is 2. The first-order valence-corrected chi connectivity index (χ1v) is 7.83. The van der Waals surface area contributed by atoms with E-state index >= 15 is 0 Å². The first-order chi connectivity index (χ1) is 11.1. The van der Waals surface area contributed by atoms with Gasteiger partial charge in [0.15, 0.2) is 5.69 Å². The van der Waals surface area contributed by atoms with E-state index in [9.17, 15) is 14.4 Å². The van der Waals surface area contributed by atoms with Crippen molar-refractivity contribution in [1.29, 1.82) is 0 Å². The molecule has 1 aliphatic carbocycles. The predicted octanol–water partition coefficient (Wildman–Crippen LogP) is -0.208. The maximum absolute atomic E-state index is 12.9. The SMILES string of the molecule is COC(=O)C[C@@H]1C(=O)NCCN1C(=O)c1n[nH]c2c1CCCC2. The monoisotopic (exact) mass is 320 g/mol. The lowest BCUT2D eigenvalue weighted by atomic mass is 9.95. The number of fused-ring (bicyclic) bond motifs is 1. The Morgan fingerprint density at radius 2 is 2.13 bits per heavy atom. The van der Waals surface area contributed by atoms with Crippen molar-refractivity contribution < 1.29 is 19.1 Å². The number of methoxy groups -OCH3 is 1. The lowest BCUT2D eigenvalue weighted by molar-refractivity contribution is -0.145. The van der Waals surface area contributed by atoms with Crippen LogP contribution in [-0.4, -0.2) is 59.1 Å². The standard InChI is InChI=1S/C15H20N4O4/c1-23-12(20)8-11-14(21)16-6-7-19(11)15(22)13-9-4-2-3-5-10(9)17-18-13/h11H,2-8H2,1H3,(H,16,21)(H,17,18)/t11-/m1/s1. The molecule has 0 spiro atoms. The van der Waals surface area contributed by atoms with E-state index in [1.807, 2.05) is 0 Å². The number of hydrogen-bond donors (Lipinski definition) is 2. The number of aromatic nitrogens is 2. The zero-order chi connectivity index (χ0) is 16.4. The van der Waals surface area contributed by atoms with Gasteiger partial charge in [-0.1, -0.05) is 0 Å². The van der Waals surface area contributed by atoms with Crippen molar-refractivity contribution in [2.75, 3.05) is 20.2 Å². The molecule has 1 atom stereocenters. The fourth-order valence-corrected chi connectivity index (χ4v) is 3.20. The topological polar surface area (TPSA) is 104 Å². The van der Waals surface area contributed by atoms with Gasteiger partial charge in [0, 0.05) is 24.3 Å². The molecule has 0 bridgehead atoms. The summed E-state index contributed by atoms with van der Waals surface area (Å²) >= 11 is 0. The molecule has 0 unspecified atom stereocenters. The quantitative estimate of drug-likeness (QED) is 0.750. The van der Waals surface area contributed by atoms with Gasteiger partial charge in [0.05, 0.1) is 13.5 Å². The van der Waals surface area contributed by atoms with Gasteiger partial charge in [-0.3, -0.25) is 19.5 Å². The molecule has 124 valence electrons. The predicted molar refractivity (Wildman–Crippen MR) is 79.7 cm³/mol. The van der Waals surface area contributed by atoms with Crippen LogP contribution in [-0.2, 0) is 27.2 Å². The average molecular weight is 320 g/mol. The van der Waals surface area contributed by atoms with Crippen molar-refractivity contribution in [3.8, 4) is 0 Å². The van der Waals surface area contributed by atoms with Crippen LogP contribution in [0.5, 0.6) is 0 Å². The molecule has 0 aromatic carbocycles. The molecule has 8 nitrogen and oxygen atoms in total. The minimum atomic E-state index is -0.848. The third kappa shape index (κ3) is 2.93. The highest BCUT2D eigenvalue weighted by molar-refractivity contribution is 5.99. The first kappa shape index (κ1) is 15.5. The number of nitrogens with one attached hydrogen (secondary N) is 2. The second kappa shape index (κ2) is 6.39. The zero-order valence-electron chi connectivity index (χ0n) is 13.1. The van der Waals surface area contributed by atoms with Crippen molar-refractivity contribution in [2.45, 2.75) is 38.1 Å². The van der Waals surface area contributed by atoms with Crippen LogP contribution in [0, 0.1) is 0 Å². The largest absolute Gasteiger partial charge is 0.469 e. The second-order valence-electron chi connectivity index (χ2n) is 5.82. The molecule has 1 fully saturated rings. The van der Waals surface area contributed by atoms with Crippen LogP contribution in [0.4, 0.5) is 0 Å². The van der Waals surface area contributed by atoms with Gasteiger partial charge in [-0.05, 0) is 25.7 Å². The maximum Gasteiger partial charge on any atom is 0.308 e. The number of carbonyl (C=O) groups is 3. The summed E-state index contributed by atoms with van der Waals surface area (Å²) < 4.78 is 4.63. The van der Waals surface area contributed by atoms with E-state index in [0.29, 0.717) is 18.8 Å². The van der Waals surface area contributed by atoms with Crippen molar-refractivity contribution in [1.82, 2.24) is 20.4 Å². The Bertz CT molecular complexity index is 639. The second-order valence-corrected chi connectivity index (χ2v) is 5.82. The number of rotatable bonds is 3. The van der Waals surface area contributed by atoms with E-state index in [1.165, 1.54) is 12.0 Å². The minimum Gasteiger partial charge on any atom is -0.469 e. The van der Waals surface area contributed by atoms with Crippen molar-refractivity contribution in [3.05, 3.63) is 17.0 Å². The molecule has 2 N–H and O–H groups in total. The number of ether oxygens (including phenoxy) is 1. The third-order valence-corrected chi connectivity index (χ3v) is 4.44. The van der Waals surface area contributed by atoms with Crippen LogP contribution in [0.15, 0.2) is 0 Å². The van der Waals surface area contributed by atoms with Gasteiger partial charge in [0.1, 0.15) is 6.04 Å². The number of H-pyrrole nitrogens is 1. The van der Waals surface area contributed by atoms with Gasteiger partial charge in [-0.25, -0.2) is 0 Å². The van der Waals surface area contributed by atoms with E-state index in [0.717, 1.165) is 36.9 Å². The van der Waals surface area contributed by atoms with E-state index < -0.39 is 12.0 Å². The molecule has 2 aliphatic rings. The smallest absolute Gasteiger partial charge is 0.308 e. The Hall–Kier alpha value is -2.38. The van der Waals surface area contributed by atoms with Crippen LogP contribution in [0.1, 0.15) is 41.0 Å². The number of piperazine rings is 1. The molecule has 0 saturated carbocycles. The van der Waals surface area contributed by atoms with E-state index in [1.54, 1.807) is 0 Å². The summed E-state index contributed by atoms with van der Waals surface area (Å²) in [7, 11) is 1.26. The Balaban J connectivity index is 1.85. The van der Waals surface area contributed by atoms with Gasteiger partial charge in [-0.2, -0.15) is 5.10 Å². The minimum absolute atomic E-state index is 0.152. The molecule has 1 aromatic rings. The van der Waals surface area contributed by atoms with E-state index in [-0.39, 0.29) is 18.2 Å². The Morgan fingerprint density at radius 1 is 1.35 bits per heavy atom. The van der Waals surface area contributed by atoms with E-state index in [4.69, 9.17) is 0 Å². The van der Waals surface area contributed by atoms with Gasteiger partial charge in [0.2, 0.25) is 5.91 Å². The summed E-state index contributed by atoms with van der Waals surface area (Å²) in [5.74, 6) is -1.15. The molecular weight excluding hydrogens is 300 g/mol. The van der Waals surface area contributed by atoms with Crippen LogP contribution in [0.2, 0.25) is 0 Å². The fourth-order valence-electron chi connectivity index (χ4n) is 3.20. The molecule has 0 radical (unpaired) electrons.